The van der Waals surface area contributed by atoms with Crippen molar-refractivity contribution in [1.29, 1.82) is 0 Å². The molecule has 1 saturated carbocycles. The first-order valence-corrected chi connectivity index (χ1v) is 7.23. The Hall–Kier alpha value is -0.620. The molecular weight excluding hydrogens is 232 g/mol. The first kappa shape index (κ1) is 13.4. The zero-order chi connectivity index (χ0) is 12.2. The van der Waals surface area contributed by atoms with Crippen molar-refractivity contribution in [2.45, 2.75) is 32.6 Å². The normalized spacial score (nSPS) is 18.9. The highest BCUT2D eigenvalue weighted by molar-refractivity contribution is 7.85. The van der Waals surface area contributed by atoms with Crippen LogP contribution in [0.2, 0.25) is 0 Å². The van der Waals surface area contributed by atoms with Crippen LogP contribution in [0.25, 0.3) is 0 Å². The fourth-order valence-corrected chi connectivity index (χ4v) is 2.22. The molecule has 0 aromatic rings. The second-order valence-electron chi connectivity index (χ2n) is 4.13. The Labute approximate surface area is 96.2 Å². The second-order valence-corrected chi connectivity index (χ2v) is 5.77. The summed E-state index contributed by atoms with van der Waals surface area (Å²) in [5, 5.41) is 0. The van der Waals surface area contributed by atoms with Gasteiger partial charge in [-0.1, -0.05) is 6.42 Å². The summed E-state index contributed by atoms with van der Waals surface area (Å²) < 4.78 is 31.2. The van der Waals surface area contributed by atoms with E-state index in [9.17, 15) is 13.2 Å². The summed E-state index contributed by atoms with van der Waals surface area (Å²) >= 11 is 0. The molecule has 1 fully saturated rings. The largest absolute Gasteiger partial charge is 0.466 e. The lowest BCUT2D eigenvalue weighted by atomic mass is 9.67. The van der Waals surface area contributed by atoms with E-state index >= 15 is 0 Å². The summed E-state index contributed by atoms with van der Waals surface area (Å²) in [6.45, 7) is 2.17. The van der Waals surface area contributed by atoms with E-state index < -0.39 is 15.5 Å². The number of carbonyl (C=O) groups excluding carboxylic acids is 1. The lowest BCUT2D eigenvalue weighted by Gasteiger charge is -2.38. The van der Waals surface area contributed by atoms with Crippen molar-refractivity contribution in [2.75, 3.05) is 19.5 Å². The summed E-state index contributed by atoms with van der Waals surface area (Å²) in [5.41, 5.74) is -0.499. The molecule has 0 amide bonds. The van der Waals surface area contributed by atoms with Crippen molar-refractivity contribution in [3.63, 3.8) is 0 Å². The van der Waals surface area contributed by atoms with Crippen molar-refractivity contribution >= 4 is 16.1 Å². The third-order valence-corrected chi connectivity index (χ3v) is 3.49. The average Bonchev–Trinajstić information content (AvgIpc) is 2.08. The molecule has 0 aromatic carbocycles. The van der Waals surface area contributed by atoms with Crippen molar-refractivity contribution in [1.82, 2.24) is 0 Å². The SMILES string of the molecule is CCOC(=O)C1(CCOS(C)(=O)=O)CCC1. The predicted octanol–water partition coefficient (Wildman–Crippen LogP) is 1.09. The first-order chi connectivity index (χ1) is 7.40. The standard InChI is InChI=1S/C10H18O5S/c1-3-14-9(11)10(5-4-6-10)7-8-15-16(2,12)13/h3-8H2,1-2H3. The van der Waals surface area contributed by atoms with E-state index in [0.717, 1.165) is 25.5 Å². The Kier molecular flexibility index (Phi) is 4.32. The topological polar surface area (TPSA) is 69.7 Å². The maximum atomic E-state index is 11.7. The zero-order valence-electron chi connectivity index (χ0n) is 9.69. The molecule has 16 heavy (non-hydrogen) atoms. The Morgan fingerprint density at radius 1 is 1.38 bits per heavy atom. The lowest BCUT2D eigenvalue weighted by Crippen LogP contribution is -2.40. The highest BCUT2D eigenvalue weighted by Gasteiger charge is 2.45. The van der Waals surface area contributed by atoms with Gasteiger partial charge in [-0.25, -0.2) is 0 Å². The molecule has 0 N–H and O–H groups in total. The van der Waals surface area contributed by atoms with Crippen molar-refractivity contribution in [2.24, 2.45) is 5.41 Å². The third-order valence-electron chi connectivity index (χ3n) is 2.90. The van der Waals surface area contributed by atoms with E-state index in [4.69, 9.17) is 4.74 Å². The summed E-state index contributed by atoms with van der Waals surface area (Å²) in [7, 11) is -3.42. The third kappa shape index (κ3) is 3.45. The summed E-state index contributed by atoms with van der Waals surface area (Å²) in [5.74, 6) is -0.224. The van der Waals surface area contributed by atoms with Crippen LogP contribution in [0.1, 0.15) is 32.6 Å². The van der Waals surface area contributed by atoms with Gasteiger partial charge >= 0.3 is 5.97 Å². The maximum Gasteiger partial charge on any atom is 0.312 e. The monoisotopic (exact) mass is 250 g/mol. The van der Waals surface area contributed by atoms with E-state index in [-0.39, 0.29) is 12.6 Å². The minimum Gasteiger partial charge on any atom is -0.466 e. The van der Waals surface area contributed by atoms with Gasteiger partial charge in [0, 0.05) is 0 Å². The van der Waals surface area contributed by atoms with Gasteiger partial charge in [-0.3, -0.25) is 8.98 Å². The van der Waals surface area contributed by atoms with Gasteiger partial charge in [0.25, 0.3) is 10.1 Å². The van der Waals surface area contributed by atoms with Crippen LogP contribution in [-0.2, 0) is 23.8 Å². The molecule has 0 saturated heterocycles. The fraction of sp³-hybridized carbons (Fsp3) is 0.900. The van der Waals surface area contributed by atoms with Crippen LogP contribution in [0.5, 0.6) is 0 Å². The molecule has 0 spiro atoms. The van der Waals surface area contributed by atoms with E-state index in [2.05, 4.69) is 4.18 Å². The van der Waals surface area contributed by atoms with Crippen LogP contribution in [0, 0.1) is 5.41 Å². The molecule has 0 atom stereocenters. The molecule has 0 aromatic heterocycles. The Morgan fingerprint density at radius 3 is 2.38 bits per heavy atom. The molecule has 0 radical (unpaired) electrons. The Bertz CT molecular complexity index is 342. The Morgan fingerprint density at radius 2 is 2.00 bits per heavy atom. The number of rotatable bonds is 6. The number of hydrogen-bond donors (Lipinski definition) is 0. The maximum absolute atomic E-state index is 11.7. The molecule has 1 aliphatic carbocycles. The van der Waals surface area contributed by atoms with Gasteiger partial charge in [0.1, 0.15) is 0 Å². The number of hydrogen-bond acceptors (Lipinski definition) is 5. The molecule has 5 nitrogen and oxygen atoms in total. The van der Waals surface area contributed by atoms with Gasteiger partial charge < -0.3 is 4.74 Å². The highest BCUT2D eigenvalue weighted by atomic mass is 32.2. The zero-order valence-corrected chi connectivity index (χ0v) is 10.5. The molecule has 0 unspecified atom stereocenters. The van der Waals surface area contributed by atoms with Crippen molar-refractivity contribution < 1.29 is 22.1 Å². The van der Waals surface area contributed by atoms with E-state index in [0.29, 0.717) is 13.0 Å². The molecule has 6 heteroatoms. The Balaban J connectivity index is 2.45. The molecule has 0 heterocycles. The van der Waals surface area contributed by atoms with Gasteiger partial charge in [-0.05, 0) is 26.2 Å². The smallest absolute Gasteiger partial charge is 0.312 e. The van der Waals surface area contributed by atoms with Gasteiger partial charge in [0.15, 0.2) is 0 Å². The van der Waals surface area contributed by atoms with Crippen LogP contribution in [0.3, 0.4) is 0 Å². The molecule has 0 bridgehead atoms. The van der Waals surface area contributed by atoms with Crippen LogP contribution in [-0.4, -0.2) is 33.9 Å². The summed E-state index contributed by atoms with van der Waals surface area (Å²) in [6, 6.07) is 0. The quantitative estimate of drug-likeness (QED) is 0.521. The molecule has 1 rings (SSSR count). The minimum atomic E-state index is -3.42. The van der Waals surface area contributed by atoms with Crippen LogP contribution in [0.15, 0.2) is 0 Å². The van der Waals surface area contributed by atoms with Gasteiger partial charge in [-0.2, -0.15) is 8.42 Å². The van der Waals surface area contributed by atoms with Crippen LogP contribution >= 0.6 is 0 Å². The predicted molar refractivity (Wildman–Crippen MR) is 58.3 cm³/mol. The number of esters is 1. The van der Waals surface area contributed by atoms with E-state index in [1.165, 1.54) is 0 Å². The van der Waals surface area contributed by atoms with Gasteiger partial charge in [0.2, 0.25) is 0 Å². The van der Waals surface area contributed by atoms with Gasteiger partial charge in [-0.15, -0.1) is 0 Å². The fourth-order valence-electron chi connectivity index (χ4n) is 1.83. The average molecular weight is 250 g/mol. The minimum absolute atomic E-state index is 0.0532. The summed E-state index contributed by atoms with van der Waals surface area (Å²) in [6.07, 6.45) is 3.93. The number of ether oxygens (including phenoxy) is 1. The molecule has 1 aliphatic rings. The van der Waals surface area contributed by atoms with Crippen LogP contribution in [0.4, 0.5) is 0 Å². The van der Waals surface area contributed by atoms with Crippen LogP contribution < -0.4 is 0 Å². The molecule has 0 aliphatic heterocycles. The molecule has 94 valence electrons. The second kappa shape index (κ2) is 5.14. The molecular formula is C10H18O5S. The highest BCUT2D eigenvalue weighted by Crippen LogP contribution is 2.45. The number of carbonyl (C=O) groups is 1. The summed E-state index contributed by atoms with van der Waals surface area (Å²) in [4.78, 5) is 11.7. The van der Waals surface area contributed by atoms with E-state index in [1.54, 1.807) is 6.92 Å². The van der Waals surface area contributed by atoms with Crippen molar-refractivity contribution in [3.05, 3.63) is 0 Å². The first-order valence-electron chi connectivity index (χ1n) is 5.41. The van der Waals surface area contributed by atoms with Gasteiger partial charge in [0.05, 0.1) is 24.9 Å². The van der Waals surface area contributed by atoms with E-state index in [1.807, 2.05) is 0 Å². The van der Waals surface area contributed by atoms with Crippen molar-refractivity contribution in [3.8, 4) is 0 Å². The lowest BCUT2D eigenvalue weighted by molar-refractivity contribution is -0.162.